The highest BCUT2D eigenvalue weighted by atomic mass is 32.2. The van der Waals surface area contributed by atoms with Gasteiger partial charge in [0.15, 0.2) is 0 Å². The van der Waals surface area contributed by atoms with Crippen LogP contribution in [-0.4, -0.2) is 26.9 Å². The molecule has 0 aliphatic rings. The van der Waals surface area contributed by atoms with Crippen molar-refractivity contribution in [1.29, 1.82) is 0 Å². The lowest BCUT2D eigenvalue weighted by molar-refractivity contribution is -0.105. The van der Waals surface area contributed by atoms with Gasteiger partial charge in [0.2, 0.25) is 0 Å². The Hall–Kier alpha value is -2.65. The lowest BCUT2D eigenvalue weighted by atomic mass is 10.2. The van der Waals surface area contributed by atoms with E-state index in [1.54, 1.807) is 31.5 Å². The highest BCUT2D eigenvalue weighted by Gasteiger charge is 2.27. The molecule has 4 nitrogen and oxygen atoms in total. The summed E-state index contributed by atoms with van der Waals surface area (Å²) in [7, 11) is 0. The summed E-state index contributed by atoms with van der Waals surface area (Å²) < 4.78 is 37.7. The molecule has 0 unspecified atom stereocenters. The van der Waals surface area contributed by atoms with Gasteiger partial charge >= 0.3 is 6.18 Å². The van der Waals surface area contributed by atoms with Crippen molar-refractivity contribution in [3.8, 4) is 10.6 Å². The summed E-state index contributed by atoms with van der Waals surface area (Å²) in [4.78, 5) is 14.8. The molecule has 4 aromatic rings. The second-order valence-corrected chi connectivity index (χ2v) is 8.74. The fraction of sp³-hybridized carbons (Fsp3) is 0.190. The Morgan fingerprint density at radius 1 is 1.07 bits per heavy atom. The summed E-state index contributed by atoms with van der Waals surface area (Å²) in [5, 5.41) is 4.05. The van der Waals surface area contributed by atoms with Crippen molar-refractivity contribution in [2.75, 3.05) is 11.1 Å². The van der Waals surface area contributed by atoms with Crippen LogP contribution in [0.25, 0.3) is 20.9 Å². The van der Waals surface area contributed by atoms with E-state index >= 15 is 0 Å². The zero-order chi connectivity index (χ0) is 21.3. The smallest absolute Gasteiger partial charge is 0.340 e. The predicted octanol–water partition coefficient (Wildman–Crippen LogP) is 6.77. The lowest BCUT2D eigenvalue weighted by Gasteiger charge is -2.12. The number of pyridine rings is 2. The molecule has 3 aromatic heterocycles. The number of aromatic nitrogens is 3. The predicted molar refractivity (Wildman–Crippen MR) is 117 cm³/mol. The number of benzene rings is 1. The molecule has 0 bridgehead atoms. The Labute approximate surface area is 179 Å². The molecule has 0 atom stereocenters. The van der Waals surface area contributed by atoms with Gasteiger partial charge in [0.05, 0.1) is 5.75 Å². The molecule has 1 aromatic carbocycles. The molecule has 0 radical (unpaired) electrons. The van der Waals surface area contributed by atoms with E-state index in [-0.39, 0.29) is 0 Å². The highest BCUT2D eigenvalue weighted by Crippen LogP contribution is 2.34. The van der Waals surface area contributed by atoms with Crippen LogP contribution in [0.15, 0.2) is 53.7 Å². The minimum absolute atomic E-state index is 0.590. The first-order chi connectivity index (χ1) is 14.3. The maximum absolute atomic E-state index is 12.6. The van der Waals surface area contributed by atoms with E-state index in [2.05, 4.69) is 20.3 Å². The number of alkyl halides is 3. The maximum atomic E-state index is 12.6. The van der Waals surface area contributed by atoms with Gasteiger partial charge in [-0.15, -0.1) is 11.8 Å². The molecule has 9 heteroatoms. The Bertz CT molecular complexity index is 1190. The molecule has 0 fully saturated rings. The van der Waals surface area contributed by atoms with Crippen LogP contribution >= 0.6 is 23.1 Å². The number of aryl methyl sites for hydroxylation is 2. The molecule has 3 heterocycles. The van der Waals surface area contributed by atoms with Gasteiger partial charge in [0.1, 0.15) is 21.2 Å². The summed E-state index contributed by atoms with van der Waals surface area (Å²) in [5.74, 6) is -0.296. The van der Waals surface area contributed by atoms with Gasteiger partial charge in [-0.2, -0.15) is 13.2 Å². The zero-order valence-electron chi connectivity index (χ0n) is 16.1. The number of thioether (sulfide) groups is 1. The van der Waals surface area contributed by atoms with E-state index in [0.29, 0.717) is 16.4 Å². The average molecular weight is 447 g/mol. The van der Waals surface area contributed by atoms with Gasteiger partial charge in [-0.25, -0.2) is 9.97 Å². The van der Waals surface area contributed by atoms with Crippen molar-refractivity contribution in [3.63, 3.8) is 0 Å². The van der Waals surface area contributed by atoms with Gasteiger partial charge < -0.3 is 5.32 Å². The number of anilines is 2. The molecule has 0 aliphatic carbocycles. The molecule has 30 heavy (non-hydrogen) atoms. The van der Waals surface area contributed by atoms with Gasteiger partial charge in [0, 0.05) is 28.5 Å². The first kappa shape index (κ1) is 20.6. The average Bonchev–Trinajstić information content (AvgIpc) is 3.13. The Balaban J connectivity index is 1.61. The second kappa shape index (κ2) is 8.23. The van der Waals surface area contributed by atoms with Gasteiger partial charge in [-0.05, 0) is 55.3 Å². The topological polar surface area (TPSA) is 50.7 Å². The first-order valence-electron chi connectivity index (χ1n) is 9.04. The number of thiazole rings is 1. The first-order valence-corrected chi connectivity index (χ1v) is 10.8. The number of nitrogens with zero attached hydrogens (tertiary/aromatic N) is 3. The van der Waals surface area contributed by atoms with E-state index in [1.807, 2.05) is 31.2 Å². The van der Waals surface area contributed by atoms with E-state index in [9.17, 15) is 13.2 Å². The SMILES string of the molecule is Cc1ccc(Nc2cc(C)c3nc(-c4cccnc4)sc3n2)cc1SCC(F)(F)F. The van der Waals surface area contributed by atoms with Crippen molar-refractivity contribution in [1.82, 2.24) is 15.0 Å². The lowest BCUT2D eigenvalue weighted by Crippen LogP contribution is -2.10. The normalized spacial score (nSPS) is 11.8. The van der Waals surface area contributed by atoms with Crippen molar-refractivity contribution >= 4 is 45.0 Å². The Morgan fingerprint density at radius 3 is 2.63 bits per heavy atom. The minimum atomic E-state index is -4.21. The Kier molecular flexibility index (Phi) is 5.66. The fourth-order valence-corrected chi connectivity index (χ4v) is 4.71. The quantitative estimate of drug-likeness (QED) is 0.343. The molecular formula is C21H17F3N4S2. The van der Waals surface area contributed by atoms with E-state index in [1.165, 1.54) is 11.3 Å². The van der Waals surface area contributed by atoms with Crippen LogP contribution < -0.4 is 5.32 Å². The van der Waals surface area contributed by atoms with E-state index < -0.39 is 11.9 Å². The molecule has 0 saturated heterocycles. The third-order valence-electron chi connectivity index (χ3n) is 4.32. The van der Waals surface area contributed by atoms with Crippen LogP contribution in [0.4, 0.5) is 24.7 Å². The van der Waals surface area contributed by atoms with Gasteiger partial charge in [0.25, 0.3) is 0 Å². The minimum Gasteiger partial charge on any atom is -0.340 e. The van der Waals surface area contributed by atoms with Crippen LogP contribution in [0, 0.1) is 13.8 Å². The molecule has 0 amide bonds. The third kappa shape index (κ3) is 4.73. The van der Waals surface area contributed by atoms with Crippen molar-refractivity contribution in [2.45, 2.75) is 24.9 Å². The van der Waals surface area contributed by atoms with Crippen molar-refractivity contribution in [3.05, 3.63) is 59.9 Å². The van der Waals surface area contributed by atoms with Crippen LogP contribution in [-0.2, 0) is 0 Å². The standard InChI is InChI=1S/C21H17F3N4S2/c1-12-5-6-15(9-16(12)29-11-21(22,23)24)26-17-8-13(2)18-20(27-17)30-19(28-18)14-4-3-7-25-10-14/h3-10H,11H2,1-2H3,(H,26,27). The zero-order valence-corrected chi connectivity index (χ0v) is 17.8. The molecule has 154 valence electrons. The summed E-state index contributed by atoms with van der Waals surface area (Å²) in [6, 6.07) is 11.1. The number of fused-ring (bicyclic) bond motifs is 1. The number of hydrogen-bond acceptors (Lipinski definition) is 6. The number of nitrogens with one attached hydrogen (secondary N) is 1. The molecule has 4 rings (SSSR count). The van der Waals surface area contributed by atoms with E-state index in [0.717, 1.165) is 43.8 Å². The summed E-state index contributed by atoms with van der Waals surface area (Å²) >= 11 is 2.26. The molecule has 1 N–H and O–H groups in total. The van der Waals surface area contributed by atoms with E-state index in [4.69, 9.17) is 0 Å². The van der Waals surface area contributed by atoms with Crippen LogP contribution in [0.2, 0.25) is 0 Å². The monoisotopic (exact) mass is 446 g/mol. The summed E-state index contributed by atoms with van der Waals surface area (Å²) in [6.45, 7) is 3.76. The van der Waals surface area contributed by atoms with Gasteiger partial charge in [-0.1, -0.05) is 17.4 Å². The number of hydrogen-bond donors (Lipinski definition) is 1. The van der Waals surface area contributed by atoms with Crippen molar-refractivity contribution < 1.29 is 13.2 Å². The summed E-state index contributed by atoms with van der Waals surface area (Å²) in [6.07, 6.45) is -0.730. The molecule has 0 spiro atoms. The van der Waals surface area contributed by atoms with Crippen LogP contribution in [0.3, 0.4) is 0 Å². The Morgan fingerprint density at radius 2 is 1.90 bits per heavy atom. The van der Waals surface area contributed by atoms with Gasteiger partial charge in [-0.3, -0.25) is 4.98 Å². The molecular weight excluding hydrogens is 429 g/mol. The summed E-state index contributed by atoms with van der Waals surface area (Å²) in [5.41, 5.74) is 4.22. The fourth-order valence-electron chi connectivity index (χ4n) is 2.88. The number of rotatable bonds is 5. The number of halogens is 3. The second-order valence-electron chi connectivity index (χ2n) is 6.75. The third-order valence-corrected chi connectivity index (χ3v) is 6.54. The van der Waals surface area contributed by atoms with Crippen molar-refractivity contribution in [2.24, 2.45) is 0 Å². The largest absolute Gasteiger partial charge is 0.398 e. The van der Waals surface area contributed by atoms with Crippen LogP contribution in [0.5, 0.6) is 0 Å². The van der Waals surface area contributed by atoms with Crippen LogP contribution in [0.1, 0.15) is 11.1 Å². The highest BCUT2D eigenvalue weighted by molar-refractivity contribution is 7.99. The maximum Gasteiger partial charge on any atom is 0.398 e. The molecule has 0 aliphatic heterocycles. The molecule has 0 saturated carbocycles.